The van der Waals surface area contributed by atoms with Gasteiger partial charge in [-0.05, 0) is 118 Å². The number of aliphatic hydroxyl groups excluding tert-OH is 1. The highest BCUT2D eigenvalue weighted by atomic mass is 32.2. The largest absolute Gasteiger partial charge is 0.508 e. The van der Waals surface area contributed by atoms with Gasteiger partial charge in [0.2, 0.25) is 76.8 Å². The molecular weight excluding hydrogens is 1800 g/mol. The maximum atomic E-state index is 16.3. The lowest BCUT2D eigenvalue weighted by molar-refractivity contribution is -0.150. The minimum Gasteiger partial charge on any atom is -0.508 e. The van der Waals surface area contributed by atoms with Crippen LogP contribution in [0.15, 0.2) is 128 Å². The molecule has 0 radical (unpaired) electrons. The van der Waals surface area contributed by atoms with Crippen molar-refractivity contribution >= 4 is 139 Å². The highest BCUT2D eigenvalue weighted by molar-refractivity contribution is 7.99. The zero-order valence-electron chi connectivity index (χ0n) is 79.0. The number of nitrogens with zero attached hydrogens (tertiary/aromatic N) is 6. The lowest BCUT2D eigenvalue weighted by atomic mass is 9.90. The smallest absolute Gasteiger partial charge is 0.303 e. The molecule has 40 heteroatoms. The summed E-state index contributed by atoms with van der Waals surface area (Å²) < 4.78 is 0. The predicted molar refractivity (Wildman–Crippen MR) is 510 cm³/mol. The van der Waals surface area contributed by atoms with Crippen molar-refractivity contribution in [3.05, 3.63) is 156 Å². The fourth-order valence-corrected chi connectivity index (χ4v) is 18.8. The maximum absolute atomic E-state index is 16.3. The zero-order valence-corrected chi connectivity index (χ0v) is 79.8. The number of thioether (sulfide) groups is 1. The molecule has 39 nitrogen and oxygen atoms in total. The van der Waals surface area contributed by atoms with Crippen LogP contribution in [0.3, 0.4) is 0 Å². The normalized spacial score (nSPS) is 24.6. The van der Waals surface area contributed by atoms with Crippen molar-refractivity contribution in [1.82, 2.24) is 81.7 Å². The SMILES string of the molecule is CCCC[C@H]1C(=O)N[C@@H](CC(C)C)C(=O)C[C@H](C(=O)CCC(C)=O)CSCC(=O)N[C@@H](Cc2ccc(O)cc2)C(=O)N(C)[C@@H](C)C(=O)C[C@@H](CC(N)=O)C(=O)N2CCC[C@H]2C(=O)N[C@@H](Cc2cnc[nH]2)C(=O)N[C@@H](CCC(=O)O)C(=O)N2C[C@H](O)C[C@H]2C(=O)N[C@@H](Cc2c[nH]c3ccccc23)C(=O)N[C@@H](CCN)C(=O)N[C@@H](Cc2c[nH]c3ccccc23)C(=O)N(Cc2ccccc2)[C@@H](C)C(=O)N1C. The lowest BCUT2D eigenvalue weighted by Crippen LogP contribution is -2.61. The lowest BCUT2D eigenvalue weighted by Gasteiger charge is -2.37. The molecule has 4 aromatic carbocycles. The van der Waals surface area contributed by atoms with Gasteiger partial charge in [-0.3, -0.25) is 81.5 Å². The standard InChI is InChI=1S/C98H128N18O21S/c1-9-10-25-79-91(130)108-74(38-55(2)3)84(122)43-64(82(120)33-27-56(4)117)52-138-53-86(124)105-77(39-59-28-30-66(118)31-29-59)96(135)112(7)57(5)83(121)42-61(44-85(100)123)95(134)114-37-18-26-80(114)92(131)110-76(45-65-49-101-54-104-65)90(129)107-73(32-34-87(125)126)97(136)116-51-67(119)46-81(116)93(132)109-75(40-62-47-102-70-23-16-14-21-68(62)70)89(128)106-72(35-36-99)88(127)111-78(41-63-48-103-71-24-17-15-22-69(63)71)98(137)115(58(6)94(133)113(79)8)50-60-19-12-11-13-20-60/h11-17,19-24,28-31,47-49,54-55,57-58,61,64,67,72-81,102-103,118-119H,9-10,18,25-27,32-46,50-53,99H2,1-8H3,(H2,100,123)(H,101,104)(H,105,124)(H,106,128)(H,107,129)(H,108,130)(H,109,132)(H,110,131)(H,111,127)(H,125,126)/t57-,58-,61-,64-,67+,72-,73-,74-,75-,76-,77-,78-,79-,80-,81-/m0/s1. The molecule has 3 aliphatic heterocycles. The molecule has 7 aromatic rings. The first-order chi connectivity index (χ1) is 65.8. The van der Waals surface area contributed by atoms with Crippen LogP contribution in [0.4, 0.5) is 0 Å². The number of likely N-dealkylation sites (N-methyl/N-ethyl adjacent to an activating group) is 2. The van der Waals surface area contributed by atoms with Gasteiger partial charge in [0, 0.05) is 162 Å². The van der Waals surface area contributed by atoms with E-state index in [2.05, 4.69) is 57.2 Å². The molecule has 0 unspecified atom stereocenters. The van der Waals surface area contributed by atoms with Crippen molar-refractivity contribution < 1.29 is 102 Å². The van der Waals surface area contributed by atoms with Gasteiger partial charge in [0.25, 0.3) is 0 Å². The Morgan fingerprint density at radius 1 is 0.565 bits per heavy atom. The third-order valence-electron chi connectivity index (χ3n) is 25.6. The fourth-order valence-electron chi connectivity index (χ4n) is 17.8. The monoisotopic (exact) mass is 1920 g/mol. The van der Waals surface area contributed by atoms with E-state index >= 15 is 43.2 Å². The van der Waals surface area contributed by atoms with Crippen molar-refractivity contribution in [1.29, 1.82) is 0 Å². The number of carbonyl (C=O) groups excluding carboxylic acids is 17. The van der Waals surface area contributed by atoms with Crippen LogP contribution in [0.1, 0.15) is 166 Å². The Balaban J connectivity index is 1.04. The Hall–Kier alpha value is -13.5. The number of rotatable bonds is 26. The van der Waals surface area contributed by atoms with Crippen LogP contribution in [0.25, 0.3) is 21.8 Å². The predicted octanol–water partition coefficient (Wildman–Crippen LogP) is 2.95. The van der Waals surface area contributed by atoms with E-state index in [4.69, 9.17) is 11.5 Å². The van der Waals surface area contributed by atoms with Gasteiger partial charge in [-0.2, -0.15) is 11.8 Å². The first-order valence-electron chi connectivity index (χ1n) is 46.8. The maximum Gasteiger partial charge on any atom is 0.303 e. The first-order valence-corrected chi connectivity index (χ1v) is 48.0. The minimum atomic E-state index is -1.83. The number of aliphatic carboxylic acids is 1. The number of carboxylic acid groups (broad SMARTS) is 1. The van der Waals surface area contributed by atoms with Crippen LogP contribution in [0, 0.1) is 17.8 Å². The molecular formula is C98H128N18O21S. The van der Waals surface area contributed by atoms with E-state index in [0.717, 1.165) is 26.5 Å². The molecule has 3 aromatic heterocycles. The van der Waals surface area contributed by atoms with Crippen molar-refractivity contribution in [3.63, 3.8) is 0 Å². The number of imidazole rings is 1. The molecule has 0 spiro atoms. The number of aromatic amines is 3. The first kappa shape index (κ1) is 107. The number of hydrogen-bond donors (Lipinski definition) is 15. The van der Waals surface area contributed by atoms with E-state index in [-0.39, 0.29) is 119 Å². The molecule has 0 aliphatic carbocycles. The number of para-hydroxylation sites is 2. The van der Waals surface area contributed by atoms with Gasteiger partial charge in [-0.15, -0.1) is 0 Å². The van der Waals surface area contributed by atoms with Gasteiger partial charge < -0.3 is 108 Å². The van der Waals surface area contributed by atoms with Crippen LogP contribution < -0.4 is 48.7 Å². The second-order valence-electron chi connectivity index (χ2n) is 36.4. The van der Waals surface area contributed by atoms with Gasteiger partial charge in [0.1, 0.15) is 77.7 Å². The number of hydrogen-bond acceptors (Lipinski definition) is 23. The molecule has 3 saturated heterocycles. The van der Waals surface area contributed by atoms with Gasteiger partial charge in [-0.25, -0.2) is 4.98 Å². The summed E-state index contributed by atoms with van der Waals surface area (Å²) in [5, 5.41) is 52.5. The Kier molecular flexibility index (Phi) is 39.0. The molecule has 10 rings (SSSR count). The summed E-state index contributed by atoms with van der Waals surface area (Å²) in [5.41, 5.74) is 15.6. The topological polar surface area (TPSA) is 581 Å². The number of nitrogens with one attached hydrogen (secondary N) is 10. The number of benzene rings is 4. The van der Waals surface area contributed by atoms with E-state index in [1.54, 1.807) is 91.3 Å². The number of Topliss-reactive ketones (excluding diaryl/α,β-unsaturated/α-hetero) is 4. The molecule has 138 heavy (non-hydrogen) atoms. The molecule has 15 atom stereocenters. The van der Waals surface area contributed by atoms with Gasteiger partial charge >= 0.3 is 5.97 Å². The van der Waals surface area contributed by atoms with Crippen molar-refractivity contribution in [3.8, 4) is 5.75 Å². The van der Waals surface area contributed by atoms with Crippen LogP contribution in [0.2, 0.25) is 0 Å². The number of phenolic OH excluding ortho intramolecular Hbond substituents is 1. The summed E-state index contributed by atoms with van der Waals surface area (Å²) in [6, 6.07) is 10.2. The second-order valence-corrected chi connectivity index (χ2v) is 37.5. The molecule has 17 N–H and O–H groups in total. The summed E-state index contributed by atoms with van der Waals surface area (Å²) >= 11 is 0.926. The number of fused-ring (bicyclic) bond motifs is 4. The van der Waals surface area contributed by atoms with Crippen LogP contribution in [0.5, 0.6) is 5.75 Å². The van der Waals surface area contributed by atoms with Gasteiger partial charge in [-0.1, -0.05) is 112 Å². The summed E-state index contributed by atoms with van der Waals surface area (Å²) in [7, 11) is 2.66. The summed E-state index contributed by atoms with van der Waals surface area (Å²) in [6.45, 7) is 8.40. The highest BCUT2D eigenvalue weighted by Gasteiger charge is 2.47. The summed E-state index contributed by atoms with van der Waals surface area (Å²) in [6.07, 6.45) is -0.207. The number of aromatic hydroxyl groups is 1. The third-order valence-corrected chi connectivity index (χ3v) is 26.7. The number of aromatic nitrogens is 4. The molecule has 0 saturated carbocycles. The average molecular weight is 1930 g/mol. The van der Waals surface area contributed by atoms with Gasteiger partial charge in [0.15, 0.2) is 11.6 Å². The Bertz CT molecular complexity index is 5520. The number of H-pyrrole nitrogens is 3. The van der Waals surface area contributed by atoms with Crippen molar-refractivity contribution in [2.75, 3.05) is 45.2 Å². The fraction of sp³-hybridized carbons (Fsp3) is 0.500. The molecule has 3 aliphatic rings. The van der Waals surface area contributed by atoms with Gasteiger partial charge in [0.05, 0.1) is 36.2 Å². The average Bonchev–Trinajstić information content (AvgIpc) is 1.76. The highest BCUT2D eigenvalue weighted by Crippen LogP contribution is 2.30. The van der Waals surface area contributed by atoms with Crippen LogP contribution >= 0.6 is 11.8 Å². The van der Waals surface area contributed by atoms with E-state index in [1.807, 2.05) is 20.8 Å². The van der Waals surface area contributed by atoms with E-state index in [0.29, 0.717) is 56.9 Å². The summed E-state index contributed by atoms with van der Waals surface area (Å²) in [5.74, 6) is -19.2. The van der Waals surface area contributed by atoms with E-state index in [9.17, 15) is 58.5 Å². The minimum absolute atomic E-state index is 0.0338. The summed E-state index contributed by atoms with van der Waals surface area (Å²) in [4.78, 5) is 284. The van der Waals surface area contributed by atoms with E-state index < -0.39 is 241 Å². The number of carboxylic acids is 1. The molecule has 3 fully saturated rings. The number of carbonyl (C=O) groups is 18. The van der Waals surface area contributed by atoms with Crippen LogP contribution in [-0.4, -0.2) is 289 Å². The zero-order chi connectivity index (χ0) is 100. The third kappa shape index (κ3) is 29.3. The quantitative estimate of drug-likeness (QED) is 0.0370. The van der Waals surface area contributed by atoms with Crippen LogP contribution in [-0.2, 0) is 119 Å². The Labute approximate surface area is 803 Å². The second kappa shape index (κ2) is 50.5. The number of amides is 13. The molecule has 13 amide bonds. The number of primary amides is 1. The van der Waals surface area contributed by atoms with Crippen molar-refractivity contribution in [2.24, 2.45) is 29.2 Å². The number of nitrogens with two attached hydrogens (primary N) is 2. The Morgan fingerprint density at radius 3 is 1.76 bits per heavy atom. The van der Waals surface area contributed by atoms with E-state index in [1.165, 1.54) is 81.5 Å². The number of phenols is 1. The van der Waals surface area contributed by atoms with Crippen molar-refractivity contribution in [2.45, 2.75) is 249 Å². The number of aliphatic hydroxyl groups is 1. The molecule has 6 heterocycles. The Morgan fingerprint density at radius 2 is 1.15 bits per heavy atom. The molecule has 742 valence electrons. The molecule has 0 bridgehead atoms. The number of unbranched alkanes of at least 4 members (excludes halogenated alkanes) is 1. The number of ketones is 4.